The number of ether oxygens (including phenoxy) is 1. The largest absolute Gasteiger partial charge is 0.371 e. The number of hydrogen-bond acceptors (Lipinski definition) is 8. The van der Waals surface area contributed by atoms with E-state index in [4.69, 9.17) is 4.74 Å². The molecule has 0 saturated carbocycles. The molecule has 2 atom stereocenters. The van der Waals surface area contributed by atoms with E-state index in [0.29, 0.717) is 31.3 Å². The van der Waals surface area contributed by atoms with Crippen molar-refractivity contribution in [3.8, 4) is 0 Å². The number of aromatic nitrogens is 4. The lowest BCUT2D eigenvalue weighted by Crippen LogP contribution is -2.38. The molecule has 8 nitrogen and oxygen atoms in total. The van der Waals surface area contributed by atoms with Crippen LogP contribution in [0.1, 0.15) is 23.3 Å². The molecule has 0 aromatic carbocycles. The van der Waals surface area contributed by atoms with Gasteiger partial charge in [0.15, 0.2) is 5.69 Å². The Bertz CT molecular complexity index is 712. The van der Waals surface area contributed by atoms with Crippen molar-refractivity contribution >= 4 is 23.4 Å². The Morgan fingerprint density at radius 3 is 3.04 bits per heavy atom. The van der Waals surface area contributed by atoms with Crippen LogP contribution in [0, 0.1) is 0 Å². The van der Waals surface area contributed by atoms with Gasteiger partial charge in [-0.2, -0.15) is 0 Å². The molecule has 2 aromatic rings. The summed E-state index contributed by atoms with van der Waals surface area (Å²) in [6, 6.07) is 2.01. The molecule has 2 aliphatic heterocycles. The zero-order valence-corrected chi connectivity index (χ0v) is 14.1. The highest BCUT2D eigenvalue weighted by Gasteiger charge is 2.48. The van der Waals surface area contributed by atoms with Crippen molar-refractivity contribution in [3.63, 3.8) is 0 Å². The van der Waals surface area contributed by atoms with Gasteiger partial charge in [-0.05, 0) is 24.0 Å². The lowest BCUT2D eigenvalue weighted by molar-refractivity contribution is 0.0122. The summed E-state index contributed by atoms with van der Waals surface area (Å²) in [5, 5.41) is 5.56. The maximum Gasteiger partial charge on any atom is 0.275 e. The molecule has 1 amide bonds. The monoisotopic (exact) mass is 346 g/mol. The van der Waals surface area contributed by atoms with Crippen molar-refractivity contribution < 1.29 is 9.53 Å². The summed E-state index contributed by atoms with van der Waals surface area (Å²) in [6.07, 6.45) is 5.18. The topological polar surface area (TPSA) is 84.3 Å². The first-order valence-electron chi connectivity index (χ1n) is 7.87. The van der Waals surface area contributed by atoms with E-state index in [1.54, 1.807) is 23.8 Å². The highest BCUT2D eigenvalue weighted by molar-refractivity contribution is 7.03. The van der Waals surface area contributed by atoms with Crippen LogP contribution in [0.2, 0.25) is 0 Å². The van der Waals surface area contributed by atoms with E-state index in [-0.39, 0.29) is 17.6 Å². The van der Waals surface area contributed by atoms with Gasteiger partial charge >= 0.3 is 0 Å². The third kappa shape index (κ3) is 2.73. The van der Waals surface area contributed by atoms with Gasteiger partial charge in [-0.1, -0.05) is 4.49 Å². The van der Waals surface area contributed by atoms with Crippen LogP contribution in [0.4, 0.5) is 5.95 Å². The van der Waals surface area contributed by atoms with Crippen molar-refractivity contribution in [2.75, 3.05) is 31.6 Å². The quantitative estimate of drug-likeness (QED) is 0.814. The van der Waals surface area contributed by atoms with E-state index in [1.165, 1.54) is 11.5 Å². The summed E-state index contributed by atoms with van der Waals surface area (Å²) in [4.78, 5) is 24.9. The lowest BCUT2D eigenvalue weighted by atomic mass is 9.97. The molecule has 0 bridgehead atoms. The molecule has 2 aliphatic rings. The van der Waals surface area contributed by atoms with Gasteiger partial charge in [-0.15, -0.1) is 5.10 Å². The zero-order valence-electron chi connectivity index (χ0n) is 13.3. The number of carbonyl (C=O) groups is 1. The Kier molecular flexibility index (Phi) is 3.89. The smallest absolute Gasteiger partial charge is 0.275 e. The molecular formula is C15H18N6O2S. The summed E-state index contributed by atoms with van der Waals surface area (Å²) >= 11 is 1.19. The van der Waals surface area contributed by atoms with E-state index in [1.807, 2.05) is 11.9 Å². The average Bonchev–Trinajstić information content (AvgIpc) is 3.37. The predicted molar refractivity (Wildman–Crippen MR) is 88.0 cm³/mol. The Morgan fingerprint density at radius 2 is 2.29 bits per heavy atom. The number of carbonyl (C=O) groups excluding carboxylic acids is 1. The summed E-state index contributed by atoms with van der Waals surface area (Å²) < 4.78 is 9.89. The minimum absolute atomic E-state index is 0.0626. The van der Waals surface area contributed by atoms with Crippen LogP contribution in [-0.4, -0.2) is 68.7 Å². The first-order chi connectivity index (χ1) is 11.7. The number of likely N-dealkylation sites (tertiary alicyclic amines) is 1. The summed E-state index contributed by atoms with van der Waals surface area (Å²) in [7, 11) is 1.99. The van der Waals surface area contributed by atoms with Crippen molar-refractivity contribution in [3.05, 3.63) is 29.5 Å². The van der Waals surface area contributed by atoms with Crippen molar-refractivity contribution in [1.82, 2.24) is 24.5 Å². The predicted octanol–water partition coefficient (Wildman–Crippen LogP) is 0.838. The first-order valence-corrected chi connectivity index (χ1v) is 8.71. The summed E-state index contributed by atoms with van der Waals surface area (Å²) in [5.41, 5.74) is 0.147. The van der Waals surface area contributed by atoms with Gasteiger partial charge in [-0.25, -0.2) is 9.97 Å². The molecule has 4 rings (SSSR count). The maximum absolute atomic E-state index is 12.4. The fourth-order valence-electron chi connectivity index (χ4n) is 3.43. The molecular weight excluding hydrogens is 328 g/mol. The van der Waals surface area contributed by atoms with Crippen LogP contribution in [0.15, 0.2) is 23.8 Å². The summed E-state index contributed by atoms with van der Waals surface area (Å²) in [5.74, 6) is 0.634. The van der Waals surface area contributed by atoms with Gasteiger partial charge in [-0.3, -0.25) is 4.79 Å². The molecule has 2 saturated heterocycles. The maximum atomic E-state index is 12.4. The van der Waals surface area contributed by atoms with Crippen LogP contribution < -0.4 is 4.90 Å². The molecule has 2 aromatic heterocycles. The second-order valence-electron chi connectivity index (χ2n) is 6.28. The Balaban J connectivity index is 1.42. The van der Waals surface area contributed by atoms with Gasteiger partial charge in [0.1, 0.15) is 0 Å². The number of likely N-dealkylation sites (N-methyl/N-ethyl adjacent to an activating group) is 1. The van der Waals surface area contributed by atoms with E-state index in [2.05, 4.69) is 24.5 Å². The van der Waals surface area contributed by atoms with Crippen LogP contribution in [-0.2, 0) is 4.74 Å². The third-order valence-electron chi connectivity index (χ3n) is 4.79. The van der Waals surface area contributed by atoms with Crippen molar-refractivity contribution in [2.24, 2.45) is 0 Å². The van der Waals surface area contributed by atoms with Gasteiger partial charge < -0.3 is 14.5 Å². The second-order valence-corrected chi connectivity index (χ2v) is 6.89. The molecule has 0 N–H and O–H groups in total. The van der Waals surface area contributed by atoms with E-state index in [0.717, 1.165) is 12.8 Å². The van der Waals surface area contributed by atoms with Gasteiger partial charge in [0.05, 0.1) is 24.8 Å². The number of rotatable bonds is 3. The average molecular weight is 346 g/mol. The SMILES string of the molecule is CN(c1ncccn1)C1COC2(CCN(C(=O)c3csnn3)C2)C1. The molecule has 24 heavy (non-hydrogen) atoms. The minimum atomic E-state index is -0.271. The number of anilines is 1. The fraction of sp³-hybridized carbons (Fsp3) is 0.533. The van der Waals surface area contributed by atoms with E-state index >= 15 is 0 Å². The van der Waals surface area contributed by atoms with Gasteiger partial charge in [0.25, 0.3) is 5.91 Å². The van der Waals surface area contributed by atoms with E-state index < -0.39 is 0 Å². The standard InChI is InChI=1S/C15H18N6O2S/c1-20(14-16-4-2-5-17-14)11-7-15(23-8-11)3-6-21(10-15)13(22)12-9-24-19-18-12/h2,4-5,9,11H,3,6-8,10H2,1H3. The molecule has 2 fully saturated rings. The van der Waals surface area contributed by atoms with Crippen LogP contribution in [0.25, 0.3) is 0 Å². The Hall–Kier alpha value is -2.13. The molecule has 126 valence electrons. The molecule has 9 heteroatoms. The normalized spacial score (nSPS) is 26.2. The van der Waals surface area contributed by atoms with Gasteiger partial charge in [0.2, 0.25) is 5.95 Å². The second kappa shape index (κ2) is 6.06. The Labute approximate surface area is 143 Å². The number of nitrogens with zero attached hydrogens (tertiary/aromatic N) is 6. The Morgan fingerprint density at radius 1 is 1.46 bits per heavy atom. The molecule has 4 heterocycles. The van der Waals surface area contributed by atoms with E-state index in [9.17, 15) is 4.79 Å². The lowest BCUT2D eigenvalue weighted by Gasteiger charge is -2.25. The minimum Gasteiger partial charge on any atom is -0.371 e. The molecule has 1 spiro atoms. The van der Waals surface area contributed by atoms with Crippen LogP contribution >= 0.6 is 11.5 Å². The zero-order chi connectivity index (χ0) is 16.6. The highest BCUT2D eigenvalue weighted by Crippen LogP contribution is 2.37. The van der Waals surface area contributed by atoms with Crippen LogP contribution in [0.5, 0.6) is 0 Å². The highest BCUT2D eigenvalue weighted by atomic mass is 32.1. The summed E-state index contributed by atoms with van der Waals surface area (Å²) in [6.45, 7) is 1.91. The fourth-order valence-corrected chi connectivity index (χ4v) is 3.86. The third-order valence-corrected chi connectivity index (χ3v) is 5.29. The molecule has 0 aliphatic carbocycles. The molecule has 0 radical (unpaired) electrons. The van der Waals surface area contributed by atoms with Crippen molar-refractivity contribution in [1.29, 1.82) is 0 Å². The van der Waals surface area contributed by atoms with Crippen molar-refractivity contribution in [2.45, 2.75) is 24.5 Å². The first kappa shape index (κ1) is 15.4. The van der Waals surface area contributed by atoms with Gasteiger partial charge in [0, 0.05) is 37.8 Å². The number of hydrogen-bond donors (Lipinski definition) is 0. The van der Waals surface area contributed by atoms with Crippen LogP contribution in [0.3, 0.4) is 0 Å². The molecule has 2 unspecified atom stereocenters. The number of amides is 1.